The molecule has 56 heavy (non-hydrogen) atoms. The topological polar surface area (TPSA) is 138 Å². The van der Waals surface area contributed by atoms with Gasteiger partial charge in [0, 0.05) is 49.8 Å². The van der Waals surface area contributed by atoms with Gasteiger partial charge in [-0.2, -0.15) is 0 Å². The molecule has 2 amide bonds. The molecule has 4 aliphatic rings. The van der Waals surface area contributed by atoms with Crippen LogP contribution in [0, 0.1) is 0 Å². The molecule has 2 N–H and O–H groups in total. The zero-order chi connectivity index (χ0) is 38.8. The van der Waals surface area contributed by atoms with E-state index in [1.807, 2.05) is 70.8 Å². The summed E-state index contributed by atoms with van der Waals surface area (Å²) in [4.78, 5) is 40.7. The van der Waals surface area contributed by atoms with E-state index in [1.54, 1.807) is 45.6 Å². The van der Waals surface area contributed by atoms with Gasteiger partial charge in [-0.25, -0.2) is 0 Å². The lowest BCUT2D eigenvalue weighted by atomic mass is 9.94. The Bertz CT molecular complexity index is 2280. The number of carbonyl (C=O) groups excluding carboxylic acids is 2. The number of nitrogens with zero attached hydrogens (tertiary/aromatic N) is 4. The van der Waals surface area contributed by atoms with E-state index in [9.17, 15) is 9.59 Å². The Morgan fingerprint density at radius 3 is 1.54 bits per heavy atom. The second-order valence-corrected chi connectivity index (χ2v) is 13.9. The molecule has 4 aliphatic heterocycles. The Hall–Kier alpha value is -6.56. The number of aliphatic imine (C=N–C) groups is 2. The molecule has 0 unspecified atom stereocenters. The number of benzene rings is 4. The van der Waals surface area contributed by atoms with Crippen molar-refractivity contribution in [1.82, 2.24) is 9.80 Å². The molecule has 0 aromatic heterocycles. The molecule has 286 valence electrons. The summed E-state index contributed by atoms with van der Waals surface area (Å²) >= 11 is 0. The second-order valence-electron chi connectivity index (χ2n) is 13.9. The van der Waals surface area contributed by atoms with Gasteiger partial charge in [-0.05, 0) is 71.5 Å². The fraction of sp³-hybridized carbons (Fsp3) is 0.273. The lowest BCUT2D eigenvalue weighted by Gasteiger charge is -2.32. The first-order valence-electron chi connectivity index (χ1n) is 18.6. The highest BCUT2D eigenvalue weighted by Gasteiger charge is 2.33. The fourth-order valence-electron chi connectivity index (χ4n) is 7.50. The Labute approximate surface area is 325 Å². The van der Waals surface area contributed by atoms with Crippen LogP contribution in [0.5, 0.6) is 28.7 Å². The number of nitrogens with two attached hydrogens (primary N) is 1. The first-order chi connectivity index (χ1) is 27.3. The Morgan fingerprint density at radius 1 is 0.625 bits per heavy atom. The van der Waals surface area contributed by atoms with Crippen LogP contribution in [0.15, 0.2) is 94.9 Å². The van der Waals surface area contributed by atoms with Crippen LogP contribution in [0.25, 0.3) is 11.1 Å². The first-order valence-corrected chi connectivity index (χ1v) is 18.6. The molecule has 4 aromatic rings. The van der Waals surface area contributed by atoms with Gasteiger partial charge in [0.2, 0.25) is 0 Å². The summed E-state index contributed by atoms with van der Waals surface area (Å²) in [6.07, 6.45) is 9.69. The third-order valence-corrected chi connectivity index (χ3v) is 10.6. The van der Waals surface area contributed by atoms with Crippen LogP contribution >= 0.6 is 0 Å². The fourth-order valence-corrected chi connectivity index (χ4v) is 7.50. The molecule has 12 heteroatoms. The summed E-state index contributed by atoms with van der Waals surface area (Å²) in [5.41, 5.74) is 13.1. The van der Waals surface area contributed by atoms with Crippen LogP contribution in [0.4, 0.5) is 17.1 Å². The molecule has 0 aliphatic carbocycles. The number of carbonyl (C=O) groups is 2. The van der Waals surface area contributed by atoms with Crippen LogP contribution in [0.3, 0.4) is 0 Å². The highest BCUT2D eigenvalue weighted by atomic mass is 16.5. The van der Waals surface area contributed by atoms with Gasteiger partial charge in [0.25, 0.3) is 11.8 Å². The number of methoxy groups -OCH3 is 3. The van der Waals surface area contributed by atoms with Crippen molar-refractivity contribution >= 4 is 52.5 Å². The highest BCUT2D eigenvalue weighted by molar-refractivity contribution is 6.05. The van der Waals surface area contributed by atoms with Gasteiger partial charge in [0.15, 0.2) is 23.0 Å². The van der Waals surface area contributed by atoms with E-state index in [0.717, 1.165) is 28.0 Å². The maximum atomic E-state index is 13.8. The molecule has 2 atom stereocenters. The minimum atomic E-state index is -0.190. The van der Waals surface area contributed by atoms with Gasteiger partial charge in [0.05, 0.1) is 69.1 Å². The van der Waals surface area contributed by atoms with Crippen molar-refractivity contribution in [2.24, 2.45) is 9.98 Å². The third kappa shape index (κ3) is 7.17. The van der Waals surface area contributed by atoms with Gasteiger partial charge < -0.3 is 39.2 Å². The zero-order valence-corrected chi connectivity index (χ0v) is 31.6. The molecule has 4 heterocycles. The van der Waals surface area contributed by atoms with Crippen molar-refractivity contribution in [3.63, 3.8) is 0 Å². The standard InChI is InChI=1S/C44H43N5O7/c1-52-34-11-7-28(8-12-34)30-14-16-49-33(20-30)26-47-38-24-42(40(54-3)22-36(38)44(49)51)56-18-4-17-55-41-23-37-35(21-39(41)53-2)43(50)48-15-13-29(19-32(48)25-46-37)27-5-9-31(45)10-6-27/h5-14,21-26,32-33H,4,15-20,45H2,1-3H3/t32-,33-/m0/s1. The van der Waals surface area contributed by atoms with Gasteiger partial charge >= 0.3 is 0 Å². The summed E-state index contributed by atoms with van der Waals surface area (Å²) < 4.78 is 28.9. The summed E-state index contributed by atoms with van der Waals surface area (Å²) in [5, 5.41) is 0. The van der Waals surface area contributed by atoms with Gasteiger partial charge in [-0.1, -0.05) is 36.4 Å². The van der Waals surface area contributed by atoms with Crippen molar-refractivity contribution < 1.29 is 33.3 Å². The van der Waals surface area contributed by atoms with Crippen molar-refractivity contribution in [3.8, 4) is 28.7 Å². The molecule has 0 fully saturated rings. The molecular formula is C44H43N5O7. The zero-order valence-electron chi connectivity index (χ0n) is 31.6. The SMILES string of the molecule is COc1ccc(C2=CCN3C(=O)c4cc(OC)c(OCCCOc5cc6c(cc5OC)C(=O)N5CC=C(c7ccc(N)cc7)C[C@H]5C=N6)cc4N=C[C@@H]3C2)cc1. The molecule has 0 bridgehead atoms. The number of rotatable bonds is 11. The average molecular weight is 754 g/mol. The first kappa shape index (κ1) is 36.4. The largest absolute Gasteiger partial charge is 0.497 e. The van der Waals surface area contributed by atoms with E-state index in [2.05, 4.69) is 12.2 Å². The molecule has 0 saturated heterocycles. The normalized spacial score (nSPS) is 18.3. The summed E-state index contributed by atoms with van der Waals surface area (Å²) in [5.74, 6) is 2.43. The van der Waals surface area contributed by atoms with Crippen LogP contribution in [0.1, 0.15) is 51.1 Å². The Kier molecular flexibility index (Phi) is 10.2. The van der Waals surface area contributed by atoms with Crippen LogP contribution in [-0.2, 0) is 0 Å². The van der Waals surface area contributed by atoms with E-state index in [-0.39, 0.29) is 23.9 Å². The molecular weight excluding hydrogens is 711 g/mol. The molecule has 0 spiro atoms. The predicted molar refractivity (Wildman–Crippen MR) is 217 cm³/mol. The van der Waals surface area contributed by atoms with Crippen molar-refractivity contribution in [2.45, 2.75) is 31.3 Å². The van der Waals surface area contributed by atoms with E-state index in [1.165, 1.54) is 0 Å². The number of amides is 2. The number of fused-ring (bicyclic) bond motifs is 4. The van der Waals surface area contributed by atoms with Gasteiger partial charge in [-0.3, -0.25) is 19.6 Å². The molecule has 0 radical (unpaired) electrons. The van der Waals surface area contributed by atoms with Gasteiger partial charge in [0.1, 0.15) is 5.75 Å². The highest BCUT2D eigenvalue weighted by Crippen LogP contribution is 2.41. The Morgan fingerprint density at radius 2 is 1.09 bits per heavy atom. The maximum Gasteiger partial charge on any atom is 0.257 e. The quantitative estimate of drug-likeness (QED) is 0.126. The maximum absolute atomic E-state index is 13.8. The van der Waals surface area contributed by atoms with E-state index in [0.29, 0.717) is 96.8 Å². The number of ether oxygens (including phenoxy) is 5. The summed E-state index contributed by atoms with van der Waals surface area (Å²) in [6, 6.07) is 22.3. The lowest BCUT2D eigenvalue weighted by Crippen LogP contribution is -2.43. The molecule has 12 nitrogen and oxygen atoms in total. The monoisotopic (exact) mass is 753 g/mol. The number of hydrogen-bond acceptors (Lipinski definition) is 10. The van der Waals surface area contributed by atoms with E-state index < -0.39 is 0 Å². The van der Waals surface area contributed by atoms with E-state index >= 15 is 0 Å². The second kappa shape index (κ2) is 15.7. The average Bonchev–Trinajstić information content (AvgIpc) is 3.46. The number of nitrogen functional groups attached to an aromatic ring is 1. The van der Waals surface area contributed by atoms with Crippen LogP contribution in [0.2, 0.25) is 0 Å². The van der Waals surface area contributed by atoms with Crippen molar-refractivity contribution in [2.75, 3.05) is 53.4 Å². The van der Waals surface area contributed by atoms with Crippen LogP contribution < -0.4 is 29.4 Å². The van der Waals surface area contributed by atoms with E-state index in [4.69, 9.17) is 39.4 Å². The van der Waals surface area contributed by atoms with Crippen LogP contribution in [-0.4, -0.2) is 93.8 Å². The molecule has 8 rings (SSSR count). The number of anilines is 1. The smallest absolute Gasteiger partial charge is 0.257 e. The summed E-state index contributed by atoms with van der Waals surface area (Å²) in [7, 11) is 4.75. The minimum Gasteiger partial charge on any atom is -0.497 e. The van der Waals surface area contributed by atoms with Crippen molar-refractivity contribution in [3.05, 3.63) is 107 Å². The van der Waals surface area contributed by atoms with Gasteiger partial charge in [-0.15, -0.1) is 0 Å². The number of hydrogen-bond donors (Lipinski definition) is 1. The predicted octanol–water partition coefficient (Wildman–Crippen LogP) is 7.17. The third-order valence-electron chi connectivity index (χ3n) is 10.6. The van der Waals surface area contributed by atoms with Crippen molar-refractivity contribution in [1.29, 1.82) is 0 Å². The molecule has 4 aromatic carbocycles. The summed E-state index contributed by atoms with van der Waals surface area (Å²) in [6.45, 7) is 1.55. The molecule has 0 saturated carbocycles. The Balaban J connectivity index is 0.906. The minimum absolute atomic E-state index is 0.109. The lowest BCUT2D eigenvalue weighted by molar-refractivity contribution is 0.0740.